The van der Waals surface area contributed by atoms with Crippen LogP contribution < -0.4 is 10.6 Å². The van der Waals surface area contributed by atoms with E-state index in [9.17, 15) is 4.79 Å². The number of carbonyl (C=O) groups excluding carboxylic acids is 1. The van der Waals surface area contributed by atoms with Crippen molar-refractivity contribution < 1.29 is 4.79 Å². The Kier molecular flexibility index (Phi) is 4.80. The molecule has 0 bridgehead atoms. The highest BCUT2D eigenvalue weighted by molar-refractivity contribution is 5.79. The first-order valence-electron chi connectivity index (χ1n) is 7.00. The predicted octanol–water partition coefficient (Wildman–Crippen LogP) is 0.444. The second-order valence-electron chi connectivity index (χ2n) is 5.39. The van der Waals surface area contributed by atoms with Crippen LogP contribution in [0.1, 0.15) is 26.2 Å². The Labute approximate surface area is 104 Å². The Hall–Kier alpha value is -0.610. The van der Waals surface area contributed by atoms with E-state index in [0.717, 1.165) is 19.6 Å². The molecule has 0 aromatic heterocycles. The molecule has 0 aromatic carbocycles. The van der Waals surface area contributed by atoms with Crippen molar-refractivity contribution in [3.63, 3.8) is 0 Å². The molecular formula is C13H25N3O. The third-order valence-corrected chi connectivity index (χ3v) is 3.96. The summed E-state index contributed by atoms with van der Waals surface area (Å²) in [5.74, 6) is 1.18. The van der Waals surface area contributed by atoms with E-state index in [4.69, 9.17) is 0 Å². The summed E-state index contributed by atoms with van der Waals surface area (Å²) in [7, 11) is 0. The van der Waals surface area contributed by atoms with Crippen molar-refractivity contribution in [3.8, 4) is 0 Å². The van der Waals surface area contributed by atoms with Crippen molar-refractivity contribution in [3.05, 3.63) is 0 Å². The lowest BCUT2D eigenvalue weighted by Crippen LogP contribution is -2.51. The molecule has 2 N–H and O–H groups in total. The van der Waals surface area contributed by atoms with Gasteiger partial charge in [-0.2, -0.15) is 0 Å². The van der Waals surface area contributed by atoms with Gasteiger partial charge in [0.25, 0.3) is 0 Å². The molecular weight excluding hydrogens is 214 g/mol. The average molecular weight is 239 g/mol. The van der Waals surface area contributed by atoms with Gasteiger partial charge >= 0.3 is 0 Å². The lowest BCUT2D eigenvalue weighted by molar-refractivity contribution is -0.126. The minimum atomic E-state index is 0.232. The first kappa shape index (κ1) is 12.8. The van der Waals surface area contributed by atoms with E-state index >= 15 is 0 Å². The van der Waals surface area contributed by atoms with Crippen LogP contribution >= 0.6 is 0 Å². The van der Waals surface area contributed by atoms with Gasteiger partial charge in [0.05, 0.1) is 5.92 Å². The number of carbonyl (C=O) groups is 1. The summed E-state index contributed by atoms with van der Waals surface area (Å²) < 4.78 is 0. The summed E-state index contributed by atoms with van der Waals surface area (Å²) in [5.41, 5.74) is 0. The number of piperidine rings is 1. The van der Waals surface area contributed by atoms with Crippen LogP contribution in [0, 0.1) is 11.8 Å². The molecule has 0 aromatic rings. The van der Waals surface area contributed by atoms with E-state index in [1.807, 2.05) is 0 Å². The van der Waals surface area contributed by atoms with Gasteiger partial charge < -0.3 is 15.5 Å². The van der Waals surface area contributed by atoms with Crippen molar-refractivity contribution >= 4 is 5.91 Å². The summed E-state index contributed by atoms with van der Waals surface area (Å²) in [4.78, 5) is 14.2. The Morgan fingerprint density at radius 3 is 2.59 bits per heavy atom. The summed E-state index contributed by atoms with van der Waals surface area (Å²) in [6, 6.07) is 0. The first-order valence-corrected chi connectivity index (χ1v) is 7.00. The van der Waals surface area contributed by atoms with Gasteiger partial charge in [-0.05, 0) is 44.8 Å². The van der Waals surface area contributed by atoms with Gasteiger partial charge in [0.2, 0.25) is 5.91 Å². The maximum atomic E-state index is 11.7. The minimum Gasteiger partial charge on any atom is -0.356 e. The SMILES string of the molecule is CCCN1CCC(CNC(=O)C2CNC2)CC1. The van der Waals surface area contributed by atoms with Crippen molar-refractivity contribution in [2.45, 2.75) is 26.2 Å². The quantitative estimate of drug-likeness (QED) is 0.732. The van der Waals surface area contributed by atoms with Gasteiger partial charge in [0.15, 0.2) is 0 Å². The maximum absolute atomic E-state index is 11.7. The number of likely N-dealkylation sites (tertiary alicyclic amines) is 1. The van der Waals surface area contributed by atoms with E-state index in [1.54, 1.807) is 0 Å². The lowest BCUT2D eigenvalue weighted by atomic mass is 9.96. The molecule has 2 rings (SSSR count). The molecule has 0 spiro atoms. The van der Waals surface area contributed by atoms with Crippen molar-refractivity contribution in [2.24, 2.45) is 11.8 Å². The van der Waals surface area contributed by atoms with Gasteiger partial charge in [0, 0.05) is 19.6 Å². The monoisotopic (exact) mass is 239 g/mol. The van der Waals surface area contributed by atoms with Crippen LogP contribution in [0.25, 0.3) is 0 Å². The largest absolute Gasteiger partial charge is 0.356 e. The Balaban J connectivity index is 1.59. The third-order valence-electron chi connectivity index (χ3n) is 3.96. The van der Waals surface area contributed by atoms with Gasteiger partial charge in [0.1, 0.15) is 0 Å². The van der Waals surface area contributed by atoms with Crippen LogP contribution in [0.3, 0.4) is 0 Å². The van der Waals surface area contributed by atoms with Crippen LogP contribution in [-0.4, -0.2) is 50.1 Å². The molecule has 0 unspecified atom stereocenters. The van der Waals surface area contributed by atoms with Crippen LogP contribution in [0.5, 0.6) is 0 Å². The van der Waals surface area contributed by atoms with E-state index in [0.29, 0.717) is 5.92 Å². The standard InChI is InChI=1S/C13H25N3O/c1-2-5-16-6-3-11(4-7-16)8-15-13(17)12-9-14-10-12/h11-12,14H,2-10H2,1H3,(H,15,17). The number of hydrogen-bond donors (Lipinski definition) is 2. The van der Waals surface area contributed by atoms with Gasteiger partial charge in [-0.1, -0.05) is 6.92 Å². The van der Waals surface area contributed by atoms with Crippen molar-refractivity contribution in [2.75, 3.05) is 39.3 Å². The fourth-order valence-electron chi connectivity index (χ4n) is 2.59. The minimum absolute atomic E-state index is 0.232. The molecule has 4 heteroatoms. The molecule has 0 saturated carbocycles. The van der Waals surface area contributed by atoms with Gasteiger partial charge in [-0.25, -0.2) is 0 Å². The molecule has 98 valence electrons. The molecule has 4 nitrogen and oxygen atoms in total. The van der Waals surface area contributed by atoms with Crippen molar-refractivity contribution in [1.29, 1.82) is 0 Å². The Morgan fingerprint density at radius 1 is 1.35 bits per heavy atom. The van der Waals surface area contributed by atoms with Gasteiger partial charge in [-0.3, -0.25) is 4.79 Å². The molecule has 2 aliphatic heterocycles. The Morgan fingerprint density at radius 2 is 2.06 bits per heavy atom. The zero-order chi connectivity index (χ0) is 12.1. The first-order chi connectivity index (χ1) is 8.29. The Bertz CT molecular complexity index is 245. The molecule has 0 atom stereocenters. The number of amides is 1. The number of nitrogens with one attached hydrogen (secondary N) is 2. The molecule has 17 heavy (non-hydrogen) atoms. The second-order valence-corrected chi connectivity index (χ2v) is 5.39. The normalized spacial score (nSPS) is 23.4. The van der Waals surface area contributed by atoms with Crippen LogP contribution in [0.2, 0.25) is 0 Å². The average Bonchev–Trinajstić information content (AvgIpc) is 2.26. The smallest absolute Gasteiger partial charge is 0.225 e. The summed E-state index contributed by atoms with van der Waals surface area (Å²) in [5, 5.41) is 6.24. The predicted molar refractivity (Wildman–Crippen MR) is 68.8 cm³/mol. The molecule has 2 fully saturated rings. The second kappa shape index (κ2) is 6.36. The number of hydrogen-bond acceptors (Lipinski definition) is 3. The molecule has 0 aliphatic carbocycles. The summed E-state index contributed by atoms with van der Waals surface area (Å²) in [6.45, 7) is 8.49. The van der Waals surface area contributed by atoms with E-state index in [-0.39, 0.29) is 11.8 Å². The number of rotatable bonds is 5. The fraction of sp³-hybridized carbons (Fsp3) is 0.923. The zero-order valence-electron chi connectivity index (χ0n) is 10.9. The van der Waals surface area contributed by atoms with Crippen LogP contribution in [-0.2, 0) is 4.79 Å². The fourth-order valence-corrected chi connectivity index (χ4v) is 2.59. The lowest BCUT2D eigenvalue weighted by Gasteiger charge is -2.32. The molecule has 2 aliphatic rings. The van der Waals surface area contributed by atoms with Gasteiger partial charge in [-0.15, -0.1) is 0 Å². The zero-order valence-corrected chi connectivity index (χ0v) is 10.9. The molecule has 2 saturated heterocycles. The molecule has 2 heterocycles. The van der Waals surface area contributed by atoms with E-state index < -0.39 is 0 Å². The highest BCUT2D eigenvalue weighted by Gasteiger charge is 2.25. The molecule has 1 amide bonds. The van der Waals surface area contributed by atoms with E-state index in [2.05, 4.69) is 22.5 Å². The van der Waals surface area contributed by atoms with Crippen molar-refractivity contribution in [1.82, 2.24) is 15.5 Å². The highest BCUT2D eigenvalue weighted by Crippen LogP contribution is 2.16. The summed E-state index contributed by atoms with van der Waals surface area (Å²) in [6.07, 6.45) is 3.72. The number of nitrogens with zero attached hydrogens (tertiary/aromatic N) is 1. The van der Waals surface area contributed by atoms with Crippen LogP contribution in [0.4, 0.5) is 0 Å². The van der Waals surface area contributed by atoms with E-state index in [1.165, 1.54) is 38.9 Å². The highest BCUT2D eigenvalue weighted by atomic mass is 16.2. The summed E-state index contributed by atoms with van der Waals surface area (Å²) >= 11 is 0. The molecule has 0 radical (unpaired) electrons. The third kappa shape index (κ3) is 3.68. The topological polar surface area (TPSA) is 44.4 Å². The van der Waals surface area contributed by atoms with Crippen LogP contribution in [0.15, 0.2) is 0 Å². The maximum Gasteiger partial charge on any atom is 0.225 e.